The molecule has 36 heavy (non-hydrogen) atoms. The van der Waals surface area contributed by atoms with E-state index in [1.807, 2.05) is 74.5 Å². The van der Waals surface area contributed by atoms with Crippen molar-refractivity contribution >= 4 is 35.3 Å². The third-order valence-corrected chi connectivity index (χ3v) is 6.33. The maximum absolute atomic E-state index is 13.0. The Morgan fingerprint density at radius 3 is 2.25 bits per heavy atom. The van der Waals surface area contributed by atoms with Gasteiger partial charge in [-0.15, -0.1) is 0 Å². The summed E-state index contributed by atoms with van der Waals surface area (Å²) in [4.78, 5) is 26.6. The molecule has 2 heterocycles. The van der Waals surface area contributed by atoms with Crippen molar-refractivity contribution in [1.29, 1.82) is 0 Å². The molecule has 0 saturated carbocycles. The normalized spacial score (nSPS) is 14.4. The van der Waals surface area contributed by atoms with Gasteiger partial charge in [0.1, 0.15) is 18.1 Å². The van der Waals surface area contributed by atoms with Gasteiger partial charge in [-0.1, -0.05) is 41.9 Å². The van der Waals surface area contributed by atoms with Crippen LogP contribution in [-0.2, 0) is 11.4 Å². The number of anilines is 1. The third-order valence-electron chi connectivity index (χ3n) is 6.08. The zero-order chi connectivity index (χ0) is 25.2. The maximum atomic E-state index is 13.0. The van der Waals surface area contributed by atoms with Gasteiger partial charge < -0.3 is 14.6 Å². The number of ether oxygens (including phenoxy) is 1. The van der Waals surface area contributed by atoms with Crippen molar-refractivity contribution in [1.82, 2.24) is 9.88 Å². The van der Waals surface area contributed by atoms with Gasteiger partial charge in [0, 0.05) is 22.1 Å². The number of amides is 3. The summed E-state index contributed by atoms with van der Waals surface area (Å²) in [6.45, 7) is 4.49. The van der Waals surface area contributed by atoms with Gasteiger partial charge in [0.2, 0.25) is 0 Å². The summed E-state index contributed by atoms with van der Waals surface area (Å²) in [6, 6.07) is 26.0. The Morgan fingerprint density at radius 1 is 0.889 bits per heavy atom. The van der Waals surface area contributed by atoms with E-state index in [2.05, 4.69) is 9.88 Å². The second kappa shape index (κ2) is 9.76. The summed E-state index contributed by atoms with van der Waals surface area (Å²) < 4.78 is 8.01. The van der Waals surface area contributed by atoms with E-state index >= 15 is 0 Å². The SMILES string of the molecule is Cc1cc(/C=C2/NC(=O)N(c3ccc(Cl)cc3)C2=O)c(C)n1-c1ccc(OCc2ccccc2)cc1. The number of carbonyl (C=O) groups excluding carboxylic acids is 2. The van der Waals surface area contributed by atoms with Crippen LogP contribution in [0.2, 0.25) is 5.02 Å². The molecule has 0 bridgehead atoms. The van der Waals surface area contributed by atoms with E-state index in [4.69, 9.17) is 16.3 Å². The first-order valence-electron chi connectivity index (χ1n) is 11.5. The lowest BCUT2D eigenvalue weighted by atomic mass is 10.2. The number of halogens is 1. The predicted octanol–water partition coefficient (Wildman–Crippen LogP) is 6.42. The molecular formula is C29H24ClN3O3. The van der Waals surface area contributed by atoms with E-state index in [0.29, 0.717) is 17.3 Å². The van der Waals surface area contributed by atoms with Gasteiger partial charge >= 0.3 is 6.03 Å². The highest BCUT2D eigenvalue weighted by Gasteiger charge is 2.35. The molecule has 5 rings (SSSR count). The molecule has 0 aliphatic carbocycles. The summed E-state index contributed by atoms with van der Waals surface area (Å²) in [5.41, 5.74) is 5.57. The highest BCUT2D eigenvalue weighted by atomic mass is 35.5. The molecule has 1 aliphatic heterocycles. The van der Waals surface area contributed by atoms with Crippen LogP contribution in [0.15, 0.2) is 90.6 Å². The Balaban J connectivity index is 1.36. The first kappa shape index (κ1) is 23.5. The number of benzene rings is 3. The van der Waals surface area contributed by atoms with Gasteiger partial charge in [-0.05, 0) is 85.6 Å². The van der Waals surface area contributed by atoms with Crippen molar-refractivity contribution in [2.75, 3.05) is 4.90 Å². The van der Waals surface area contributed by atoms with Gasteiger partial charge in [0.25, 0.3) is 5.91 Å². The van der Waals surface area contributed by atoms with Crippen molar-refractivity contribution in [3.63, 3.8) is 0 Å². The number of carbonyl (C=O) groups is 2. The number of rotatable bonds is 6. The van der Waals surface area contributed by atoms with E-state index in [0.717, 1.165) is 38.9 Å². The number of nitrogens with one attached hydrogen (secondary N) is 1. The average Bonchev–Trinajstić information content (AvgIpc) is 3.32. The Bertz CT molecular complexity index is 1460. The number of nitrogens with zero attached hydrogens (tertiary/aromatic N) is 2. The first-order valence-corrected chi connectivity index (χ1v) is 11.9. The lowest BCUT2D eigenvalue weighted by molar-refractivity contribution is -0.113. The summed E-state index contributed by atoms with van der Waals surface area (Å²) in [5.74, 6) is 0.376. The molecule has 0 radical (unpaired) electrons. The van der Waals surface area contributed by atoms with Gasteiger partial charge in [-0.2, -0.15) is 0 Å². The number of hydrogen-bond acceptors (Lipinski definition) is 3. The summed E-state index contributed by atoms with van der Waals surface area (Å²) in [7, 11) is 0. The van der Waals surface area contributed by atoms with Crippen LogP contribution in [0.4, 0.5) is 10.5 Å². The topological polar surface area (TPSA) is 63.6 Å². The van der Waals surface area contributed by atoms with Gasteiger partial charge in [-0.25, -0.2) is 9.69 Å². The van der Waals surface area contributed by atoms with Gasteiger partial charge in [0.05, 0.1) is 5.69 Å². The molecule has 1 aromatic heterocycles. The van der Waals surface area contributed by atoms with Crippen LogP contribution in [0.1, 0.15) is 22.5 Å². The monoisotopic (exact) mass is 497 g/mol. The number of hydrogen-bond donors (Lipinski definition) is 1. The minimum Gasteiger partial charge on any atom is -0.489 e. The molecule has 4 aromatic rings. The second-order valence-corrected chi connectivity index (χ2v) is 8.97. The highest BCUT2D eigenvalue weighted by molar-refractivity contribution is 6.31. The van der Waals surface area contributed by atoms with Gasteiger partial charge in [0.15, 0.2) is 0 Å². The molecule has 0 atom stereocenters. The third kappa shape index (κ3) is 4.63. The van der Waals surface area contributed by atoms with Crippen LogP contribution in [-0.4, -0.2) is 16.5 Å². The number of aryl methyl sites for hydroxylation is 1. The molecule has 180 valence electrons. The van der Waals surface area contributed by atoms with Crippen LogP contribution in [0.25, 0.3) is 11.8 Å². The standard InChI is InChI=1S/C29H24ClN3O3/c1-19-16-22(17-27-28(34)33(29(35)31-27)25-10-8-23(30)9-11-25)20(2)32(19)24-12-14-26(15-13-24)36-18-21-6-4-3-5-7-21/h3-17H,18H2,1-2H3,(H,31,35)/b27-17+. The van der Waals surface area contributed by atoms with E-state index < -0.39 is 11.9 Å². The minimum absolute atomic E-state index is 0.222. The number of aromatic nitrogens is 1. The lowest BCUT2D eigenvalue weighted by Crippen LogP contribution is -2.30. The van der Waals surface area contributed by atoms with Crippen molar-refractivity contribution in [2.24, 2.45) is 0 Å². The molecule has 1 aliphatic rings. The van der Waals surface area contributed by atoms with Crippen LogP contribution in [0, 0.1) is 13.8 Å². The lowest BCUT2D eigenvalue weighted by Gasteiger charge is -2.12. The maximum Gasteiger partial charge on any atom is 0.333 e. The van der Waals surface area contributed by atoms with E-state index in [1.54, 1.807) is 30.3 Å². The summed E-state index contributed by atoms with van der Waals surface area (Å²) >= 11 is 5.94. The van der Waals surface area contributed by atoms with Crippen molar-refractivity contribution in [2.45, 2.75) is 20.5 Å². The molecule has 1 fully saturated rings. The smallest absolute Gasteiger partial charge is 0.333 e. The van der Waals surface area contributed by atoms with Crippen molar-refractivity contribution < 1.29 is 14.3 Å². The molecule has 7 heteroatoms. The van der Waals surface area contributed by atoms with E-state index in [9.17, 15) is 9.59 Å². The Kier molecular flexibility index (Phi) is 6.36. The summed E-state index contributed by atoms with van der Waals surface area (Å²) in [6.07, 6.45) is 1.71. The number of imide groups is 1. The van der Waals surface area contributed by atoms with Crippen molar-refractivity contribution in [3.05, 3.63) is 118 Å². The molecule has 0 unspecified atom stereocenters. The fraction of sp³-hybridized carbons (Fsp3) is 0.103. The summed E-state index contributed by atoms with van der Waals surface area (Å²) in [5, 5.41) is 3.22. The molecular weight excluding hydrogens is 474 g/mol. The molecule has 6 nitrogen and oxygen atoms in total. The van der Waals surface area contributed by atoms with Crippen LogP contribution < -0.4 is 15.0 Å². The van der Waals surface area contributed by atoms with Crippen molar-refractivity contribution in [3.8, 4) is 11.4 Å². The zero-order valence-corrected chi connectivity index (χ0v) is 20.6. The van der Waals surface area contributed by atoms with Crippen LogP contribution in [0.3, 0.4) is 0 Å². The Labute approximate surface area is 214 Å². The van der Waals surface area contributed by atoms with Gasteiger partial charge in [-0.3, -0.25) is 4.79 Å². The largest absolute Gasteiger partial charge is 0.489 e. The average molecular weight is 498 g/mol. The molecule has 3 amide bonds. The molecule has 3 aromatic carbocycles. The minimum atomic E-state index is -0.492. The fourth-order valence-electron chi connectivity index (χ4n) is 4.28. The Morgan fingerprint density at radius 2 is 1.56 bits per heavy atom. The highest BCUT2D eigenvalue weighted by Crippen LogP contribution is 2.27. The number of urea groups is 1. The second-order valence-electron chi connectivity index (χ2n) is 8.54. The van der Waals surface area contributed by atoms with E-state index in [1.165, 1.54) is 0 Å². The molecule has 1 N–H and O–H groups in total. The Hall–Kier alpha value is -4.29. The fourth-order valence-corrected chi connectivity index (χ4v) is 4.40. The molecule has 0 spiro atoms. The van der Waals surface area contributed by atoms with E-state index in [-0.39, 0.29) is 5.70 Å². The molecule has 1 saturated heterocycles. The zero-order valence-electron chi connectivity index (χ0n) is 19.9. The quantitative estimate of drug-likeness (QED) is 0.247. The first-order chi connectivity index (χ1) is 17.4. The predicted molar refractivity (Wildman–Crippen MR) is 141 cm³/mol. The van der Waals surface area contributed by atoms with Crippen LogP contribution in [0.5, 0.6) is 5.75 Å². The van der Waals surface area contributed by atoms with Crippen LogP contribution >= 0.6 is 11.6 Å².